The summed E-state index contributed by atoms with van der Waals surface area (Å²) in [4.78, 5) is 6.73. The number of thiazole rings is 1. The van der Waals surface area contributed by atoms with Gasteiger partial charge in [0.1, 0.15) is 0 Å². The zero-order valence-electron chi connectivity index (χ0n) is 13.8. The maximum absolute atomic E-state index is 5.12. The molecule has 1 aromatic rings. The first kappa shape index (κ1) is 15.5. The van der Waals surface area contributed by atoms with Crippen LogP contribution < -0.4 is 5.32 Å². The largest absolute Gasteiger partial charge is 0.316 e. The normalized spacial score (nSPS) is 29.0. The number of nitrogens with one attached hydrogen (secondary N) is 1. The Morgan fingerprint density at radius 3 is 2.86 bits per heavy atom. The van der Waals surface area contributed by atoms with E-state index in [4.69, 9.17) is 4.98 Å². The fourth-order valence-electron chi connectivity index (χ4n) is 3.88. The Morgan fingerprint density at radius 2 is 2.14 bits per heavy atom. The number of fused-ring (bicyclic) bond motifs is 1. The van der Waals surface area contributed by atoms with Gasteiger partial charge in [0.25, 0.3) is 0 Å². The molecule has 0 saturated heterocycles. The van der Waals surface area contributed by atoms with Gasteiger partial charge in [-0.1, -0.05) is 27.2 Å². The Labute approximate surface area is 133 Å². The van der Waals surface area contributed by atoms with Gasteiger partial charge >= 0.3 is 0 Å². The van der Waals surface area contributed by atoms with Crippen LogP contribution in [0.3, 0.4) is 0 Å². The molecule has 3 heteroatoms. The lowest BCUT2D eigenvalue weighted by Crippen LogP contribution is -2.27. The van der Waals surface area contributed by atoms with Crippen molar-refractivity contribution < 1.29 is 0 Å². The van der Waals surface area contributed by atoms with Crippen molar-refractivity contribution in [2.24, 2.45) is 11.8 Å². The summed E-state index contributed by atoms with van der Waals surface area (Å²) in [6.07, 6.45) is 8.07. The average molecular weight is 307 g/mol. The van der Waals surface area contributed by atoms with Crippen molar-refractivity contribution in [1.29, 1.82) is 0 Å². The second-order valence-corrected chi connectivity index (χ2v) is 8.73. The molecule has 1 aromatic heterocycles. The lowest BCUT2D eigenvalue weighted by atomic mass is 9.91. The highest BCUT2D eigenvalue weighted by Crippen LogP contribution is 2.43. The molecule has 1 saturated carbocycles. The Morgan fingerprint density at radius 1 is 1.29 bits per heavy atom. The van der Waals surface area contributed by atoms with Gasteiger partial charge < -0.3 is 5.32 Å². The van der Waals surface area contributed by atoms with E-state index in [9.17, 15) is 0 Å². The molecule has 0 spiro atoms. The number of aromatic nitrogens is 1. The summed E-state index contributed by atoms with van der Waals surface area (Å²) >= 11 is 2.04. The minimum absolute atomic E-state index is 0.663. The summed E-state index contributed by atoms with van der Waals surface area (Å²) in [7, 11) is 0. The van der Waals surface area contributed by atoms with Gasteiger partial charge in [-0.25, -0.2) is 4.98 Å². The predicted octanol–water partition coefficient (Wildman–Crippen LogP) is 4.71. The lowest BCUT2D eigenvalue weighted by Gasteiger charge is -2.22. The zero-order valence-corrected chi connectivity index (χ0v) is 14.6. The van der Waals surface area contributed by atoms with Gasteiger partial charge in [-0.15, -0.1) is 11.3 Å². The number of aryl methyl sites for hydroxylation is 1. The number of nitrogens with zero attached hydrogens (tertiary/aromatic N) is 1. The van der Waals surface area contributed by atoms with Crippen molar-refractivity contribution in [2.45, 2.75) is 71.1 Å². The standard InChI is InChI=1S/C18H30N2S/c1-12(2)10-19-11-15-5-4-6-16-17(15)20-18(21-16)14-8-7-13(3)9-14/h12-15,19H,4-11H2,1-3H3. The molecule has 2 aliphatic carbocycles. The van der Waals surface area contributed by atoms with Crippen LogP contribution >= 0.6 is 11.3 Å². The summed E-state index contributed by atoms with van der Waals surface area (Å²) < 4.78 is 0. The molecule has 1 heterocycles. The van der Waals surface area contributed by atoms with Crippen LogP contribution in [0.4, 0.5) is 0 Å². The summed E-state index contributed by atoms with van der Waals surface area (Å²) in [5.41, 5.74) is 1.46. The van der Waals surface area contributed by atoms with E-state index >= 15 is 0 Å². The molecule has 3 unspecified atom stereocenters. The third-order valence-electron chi connectivity index (χ3n) is 5.07. The highest BCUT2D eigenvalue weighted by atomic mass is 32.1. The van der Waals surface area contributed by atoms with Crippen molar-refractivity contribution in [3.05, 3.63) is 15.6 Å². The van der Waals surface area contributed by atoms with Crippen LogP contribution in [0.5, 0.6) is 0 Å². The SMILES string of the molecule is CC(C)CNCC1CCCc2sc(C3CCC(C)C3)nc21. The molecular formula is C18H30N2S. The predicted molar refractivity (Wildman–Crippen MR) is 91.3 cm³/mol. The minimum Gasteiger partial charge on any atom is -0.316 e. The Hall–Kier alpha value is -0.410. The molecule has 2 nitrogen and oxygen atoms in total. The zero-order chi connectivity index (χ0) is 14.8. The van der Waals surface area contributed by atoms with Crippen LogP contribution in [-0.2, 0) is 6.42 Å². The molecule has 2 aliphatic rings. The maximum Gasteiger partial charge on any atom is 0.0962 e. The molecule has 118 valence electrons. The summed E-state index contributed by atoms with van der Waals surface area (Å²) in [5.74, 6) is 3.06. The second-order valence-electron chi connectivity index (χ2n) is 7.62. The van der Waals surface area contributed by atoms with Crippen molar-refractivity contribution in [3.63, 3.8) is 0 Å². The van der Waals surface area contributed by atoms with Gasteiger partial charge in [-0.3, -0.25) is 0 Å². The Kier molecular flexibility index (Phi) is 5.00. The van der Waals surface area contributed by atoms with Crippen LogP contribution in [0, 0.1) is 11.8 Å². The van der Waals surface area contributed by atoms with E-state index in [0.29, 0.717) is 5.92 Å². The first-order chi connectivity index (χ1) is 10.1. The quantitative estimate of drug-likeness (QED) is 0.852. The minimum atomic E-state index is 0.663. The Balaban J connectivity index is 1.68. The average Bonchev–Trinajstić information content (AvgIpc) is 3.04. The first-order valence-electron chi connectivity index (χ1n) is 8.83. The maximum atomic E-state index is 5.12. The summed E-state index contributed by atoms with van der Waals surface area (Å²) in [6.45, 7) is 9.20. The van der Waals surface area contributed by atoms with Gasteiger partial charge in [0.2, 0.25) is 0 Å². The summed E-state index contributed by atoms with van der Waals surface area (Å²) in [5, 5.41) is 5.10. The molecule has 3 atom stereocenters. The van der Waals surface area contributed by atoms with Gasteiger partial charge in [-0.2, -0.15) is 0 Å². The van der Waals surface area contributed by atoms with Crippen LogP contribution in [-0.4, -0.2) is 18.1 Å². The highest BCUT2D eigenvalue weighted by molar-refractivity contribution is 7.11. The topological polar surface area (TPSA) is 24.9 Å². The van der Waals surface area contributed by atoms with Crippen molar-refractivity contribution in [3.8, 4) is 0 Å². The van der Waals surface area contributed by atoms with Crippen LogP contribution in [0.2, 0.25) is 0 Å². The first-order valence-corrected chi connectivity index (χ1v) is 9.65. The molecule has 1 N–H and O–H groups in total. The third kappa shape index (κ3) is 3.68. The third-order valence-corrected chi connectivity index (χ3v) is 6.37. The lowest BCUT2D eigenvalue weighted by molar-refractivity contribution is 0.471. The molecule has 0 amide bonds. The van der Waals surface area contributed by atoms with E-state index in [1.54, 1.807) is 4.88 Å². The van der Waals surface area contributed by atoms with E-state index in [0.717, 1.165) is 30.8 Å². The van der Waals surface area contributed by atoms with E-state index in [-0.39, 0.29) is 0 Å². The molecule has 0 radical (unpaired) electrons. The molecule has 0 aliphatic heterocycles. The van der Waals surface area contributed by atoms with Gasteiger partial charge in [0.05, 0.1) is 10.7 Å². The van der Waals surface area contributed by atoms with Gasteiger partial charge in [0.15, 0.2) is 0 Å². The number of hydrogen-bond acceptors (Lipinski definition) is 3. The van der Waals surface area contributed by atoms with Crippen molar-refractivity contribution in [2.75, 3.05) is 13.1 Å². The van der Waals surface area contributed by atoms with Gasteiger partial charge in [0, 0.05) is 23.3 Å². The van der Waals surface area contributed by atoms with E-state index in [1.807, 2.05) is 11.3 Å². The number of rotatable bonds is 5. The molecule has 0 bridgehead atoms. The van der Waals surface area contributed by atoms with E-state index < -0.39 is 0 Å². The van der Waals surface area contributed by atoms with E-state index in [2.05, 4.69) is 26.1 Å². The van der Waals surface area contributed by atoms with Crippen LogP contribution in [0.15, 0.2) is 0 Å². The van der Waals surface area contributed by atoms with Crippen LogP contribution in [0.1, 0.15) is 80.3 Å². The van der Waals surface area contributed by atoms with Crippen molar-refractivity contribution >= 4 is 11.3 Å². The van der Waals surface area contributed by atoms with Crippen LogP contribution in [0.25, 0.3) is 0 Å². The molecule has 1 fully saturated rings. The monoisotopic (exact) mass is 306 g/mol. The number of hydrogen-bond donors (Lipinski definition) is 1. The second kappa shape index (κ2) is 6.78. The van der Waals surface area contributed by atoms with Gasteiger partial charge in [-0.05, 0) is 50.5 Å². The fourth-order valence-corrected chi connectivity index (χ4v) is 5.22. The van der Waals surface area contributed by atoms with E-state index in [1.165, 1.54) is 49.2 Å². The van der Waals surface area contributed by atoms with Crippen molar-refractivity contribution in [1.82, 2.24) is 10.3 Å². The highest BCUT2D eigenvalue weighted by Gasteiger charge is 2.30. The molecule has 0 aromatic carbocycles. The molecular weight excluding hydrogens is 276 g/mol. The fraction of sp³-hybridized carbons (Fsp3) is 0.833. The molecule has 3 rings (SSSR count). The smallest absolute Gasteiger partial charge is 0.0962 e. The molecule has 21 heavy (non-hydrogen) atoms. The Bertz CT molecular complexity index is 466. The summed E-state index contributed by atoms with van der Waals surface area (Å²) in [6, 6.07) is 0.